The molecular weight excluding hydrogens is 188 g/mol. The molecule has 1 aliphatic rings. The molecule has 0 aromatic heterocycles. The summed E-state index contributed by atoms with van der Waals surface area (Å²) in [6.45, 7) is 4.29. The van der Waals surface area contributed by atoms with Crippen molar-refractivity contribution in [3.05, 3.63) is 23.8 Å². The Morgan fingerprint density at radius 1 is 1.53 bits per heavy atom. The molecule has 0 saturated carbocycles. The van der Waals surface area contributed by atoms with E-state index in [4.69, 9.17) is 5.26 Å². The number of phenolic OH excluding ortho intramolecular Hbond substituents is 1. The molecule has 0 radical (unpaired) electrons. The molecule has 3 heteroatoms. The maximum absolute atomic E-state index is 9.57. The number of phenols is 1. The third kappa shape index (κ3) is 1.89. The van der Waals surface area contributed by atoms with E-state index in [0.29, 0.717) is 11.5 Å². The number of benzene rings is 1. The van der Waals surface area contributed by atoms with Gasteiger partial charge in [0.1, 0.15) is 11.8 Å². The molecule has 2 rings (SSSR count). The van der Waals surface area contributed by atoms with E-state index in [-0.39, 0.29) is 5.75 Å². The topological polar surface area (TPSA) is 47.3 Å². The van der Waals surface area contributed by atoms with Crippen LogP contribution in [0, 0.1) is 17.2 Å². The van der Waals surface area contributed by atoms with Crippen LogP contribution in [-0.2, 0) is 0 Å². The third-order valence-corrected chi connectivity index (χ3v) is 2.89. The van der Waals surface area contributed by atoms with Crippen LogP contribution >= 0.6 is 0 Å². The Morgan fingerprint density at radius 3 is 2.87 bits per heavy atom. The van der Waals surface area contributed by atoms with Crippen molar-refractivity contribution in [3.63, 3.8) is 0 Å². The lowest BCUT2D eigenvalue weighted by molar-refractivity contribution is 0.473. The quantitative estimate of drug-likeness (QED) is 0.758. The number of nitrogens with zero attached hydrogens (tertiary/aromatic N) is 2. The van der Waals surface area contributed by atoms with Crippen LogP contribution in [0.2, 0.25) is 0 Å². The predicted molar refractivity (Wildman–Crippen MR) is 58.8 cm³/mol. The standard InChI is InChI=1S/C12H14N2O/c1-9-4-5-14(8-9)11-3-2-10(7-13)12(15)6-11/h2-3,6,9,15H,4-5,8H2,1H3/t9-/m1/s1. The third-order valence-electron chi connectivity index (χ3n) is 2.89. The van der Waals surface area contributed by atoms with Gasteiger partial charge in [0.05, 0.1) is 5.56 Å². The van der Waals surface area contributed by atoms with Crippen LogP contribution in [0.3, 0.4) is 0 Å². The molecule has 1 aromatic carbocycles. The summed E-state index contributed by atoms with van der Waals surface area (Å²) in [6, 6.07) is 7.20. The van der Waals surface area contributed by atoms with Crippen molar-refractivity contribution in [2.24, 2.45) is 5.92 Å². The Balaban J connectivity index is 2.24. The van der Waals surface area contributed by atoms with Crippen LogP contribution < -0.4 is 4.90 Å². The molecule has 0 amide bonds. The molecule has 1 atom stereocenters. The smallest absolute Gasteiger partial charge is 0.135 e. The molecule has 0 aliphatic carbocycles. The van der Waals surface area contributed by atoms with Crippen LogP contribution in [0.5, 0.6) is 5.75 Å². The summed E-state index contributed by atoms with van der Waals surface area (Å²) in [5.41, 5.74) is 1.35. The number of anilines is 1. The summed E-state index contributed by atoms with van der Waals surface area (Å²) in [6.07, 6.45) is 1.20. The fourth-order valence-electron chi connectivity index (χ4n) is 1.98. The normalized spacial score (nSPS) is 20.3. The van der Waals surface area contributed by atoms with Gasteiger partial charge in [-0.15, -0.1) is 0 Å². The lowest BCUT2D eigenvalue weighted by Gasteiger charge is -2.18. The van der Waals surface area contributed by atoms with Crippen LogP contribution in [0.15, 0.2) is 18.2 Å². The summed E-state index contributed by atoms with van der Waals surface area (Å²) in [5, 5.41) is 18.3. The molecule has 0 spiro atoms. The van der Waals surface area contributed by atoms with Crippen molar-refractivity contribution in [1.29, 1.82) is 5.26 Å². The van der Waals surface area contributed by atoms with Gasteiger partial charge in [-0.25, -0.2) is 0 Å². The van der Waals surface area contributed by atoms with Crippen LogP contribution in [0.4, 0.5) is 5.69 Å². The minimum absolute atomic E-state index is 0.0783. The Labute approximate surface area is 89.6 Å². The first-order chi connectivity index (χ1) is 7.20. The fourth-order valence-corrected chi connectivity index (χ4v) is 1.98. The second-order valence-corrected chi connectivity index (χ2v) is 4.15. The molecule has 78 valence electrons. The lowest BCUT2D eigenvalue weighted by atomic mass is 10.1. The van der Waals surface area contributed by atoms with Crippen molar-refractivity contribution < 1.29 is 5.11 Å². The van der Waals surface area contributed by atoms with Gasteiger partial charge in [-0.05, 0) is 24.5 Å². The molecule has 15 heavy (non-hydrogen) atoms. The molecule has 1 N–H and O–H groups in total. The number of aromatic hydroxyl groups is 1. The number of hydrogen-bond acceptors (Lipinski definition) is 3. The predicted octanol–water partition coefficient (Wildman–Crippen LogP) is 2.11. The van der Waals surface area contributed by atoms with E-state index in [1.54, 1.807) is 12.1 Å². The average molecular weight is 202 g/mol. The van der Waals surface area contributed by atoms with E-state index in [2.05, 4.69) is 11.8 Å². The van der Waals surface area contributed by atoms with Gasteiger partial charge in [0, 0.05) is 24.8 Å². The Kier molecular flexibility index (Phi) is 2.51. The maximum Gasteiger partial charge on any atom is 0.135 e. The molecule has 1 heterocycles. The largest absolute Gasteiger partial charge is 0.506 e. The zero-order valence-corrected chi connectivity index (χ0v) is 8.77. The first kappa shape index (κ1) is 9.85. The first-order valence-electron chi connectivity index (χ1n) is 5.19. The fraction of sp³-hybridized carbons (Fsp3) is 0.417. The highest BCUT2D eigenvalue weighted by Gasteiger charge is 2.19. The minimum atomic E-state index is 0.0783. The average Bonchev–Trinajstić information content (AvgIpc) is 2.65. The summed E-state index contributed by atoms with van der Waals surface area (Å²) >= 11 is 0. The second kappa shape index (κ2) is 3.82. The van der Waals surface area contributed by atoms with Gasteiger partial charge in [-0.1, -0.05) is 6.92 Å². The molecule has 1 aromatic rings. The summed E-state index contributed by atoms with van der Waals surface area (Å²) < 4.78 is 0. The summed E-state index contributed by atoms with van der Waals surface area (Å²) in [5.74, 6) is 0.789. The van der Waals surface area contributed by atoms with E-state index >= 15 is 0 Å². The summed E-state index contributed by atoms with van der Waals surface area (Å²) in [4.78, 5) is 2.24. The molecule has 1 saturated heterocycles. The van der Waals surface area contributed by atoms with E-state index < -0.39 is 0 Å². The van der Waals surface area contributed by atoms with Gasteiger partial charge in [-0.3, -0.25) is 0 Å². The van der Waals surface area contributed by atoms with Crippen molar-refractivity contribution in [2.45, 2.75) is 13.3 Å². The maximum atomic E-state index is 9.57. The van der Waals surface area contributed by atoms with Crippen molar-refractivity contribution in [3.8, 4) is 11.8 Å². The van der Waals surface area contributed by atoms with E-state index in [0.717, 1.165) is 18.8 Å². The SMILES string of the molecule is C[C@@H]1CCN(c2ccc(C#N)c(O)c2)C1. The van der Waals surface area contributed by atoms with Crippen LogP contribution in [0.25, 0.3) is 0 Å². The highest BCUT2D eigenvalue weighted by molar-refractivity contribution is 5.56. The Bertz CT molecular complexity index is 409. The van der Waals surface area contributed by atoms with E-state index in [1.165, 1.54) is 6.42 Å². The van der Waals surface area contributed by atoms with Gasteiger partial charge in [0.15, 0.2) is 0 Å². The summed E-state index contributed by atoms with van der Waals surface area (Å²) in [7, 11) is 0. The van der Waals surface area contributed by atoms with Crippen molar-refractivity contribution >= 4 is 5.69 Å². The van der Waals surface area contributed by atoms with Gasteiger partial charge in [-0.2, -0.15) is 5.26 Å². The molecule has 3 nitrogen and oxygen atoms in total. The van der Waals surface area contributed by atoms with Crippen molar-refractivity contribution in [1.82, 2.24) is 0 Å². The van der Waals surface area contributed by atoms with E-state index in [9.17, 15) is 5.11 Å². The second-order valence-electron chi connectivity index (χ2n) is 4.15. The van der Waals surface area contributed by atoms with Gasteiger partial charge >= 0.3 is 0 Å². The molecule has 1 aliphatic heterocycles. The monoisotopic (exact) mass is 202 g/mol. The zero-order valence-electron chi connectivity index (χ0n) is 8.77. The Morgan fingerprint density at radius 2 is 2.33 bits per heavy atom. The van der Waals surface area contributed by atoms with Gasteiger partial charge in [0.2, 0.25) is 0 Å². The highest BCUT2D eigenvalue weighted by atomic mass is 16.3. The number of hydrogen-bond donors (Lipinski definition) is 1. The molecule has 0 bridgehead atoms. The van der Waals surface area contributed by atoms with Crippen LogP contribution in [-0.4, -0.2) is 18.2 Å². The number of rotatable bonds is 1. The minimum Gasteiger partial charge on any atom is -0.506 e. The molecular formula is C12H14N2O. The van der Waals surface area contributed by atoms with E-state index in [1.807, 2.05) is 12.1 Å². The number of nitriles is 1. The molecule has 1 fully saturated rings. The van der Waals surface area contributed by atoms with Gasteiger partial charge in [0.25, 0.3) is 0 Å². The van der Waals surface area contributed by atoms with Gasteiger partial charge < -0.3 is 10.0 Å². The first-order valence-corrected chi connectivity index (χ1v) is 5.19. The Hall–Kier alpha value is -1.69. The van der Waals surface area contributed by atoms with Crippen molar-refractivity contribution in [2.75, 3.05) is 18.0 Å². The van der Waals surface area contributed by atoms with Crippen LogP contribution in [0.1, 0.15) is 18.9 Å². The zero-order chi connectivity index (χ0) is 10.8. The highest BCUT2D eigenvalue weighted by Crippen LogP contribution is 2.28. The lowest BCUT2D eigenvalue weighted by Crippen LogP contribution is -2.18. The molecule has 0 unspecified atom stereocenters.